The molecule has 0 spiro atoms. The fraction of sp³-hybridized carbons (Fsp3) is 0.647. The summed E-state index contributed by atoms with van der Waals surface area (Å²) >= 11 is 5.94. The van der Waals surface area contributed by atoms with Crippen molar-refractivity contribution in [1.82, 2.24) is 9.80 Å². The topological polar surface area (TPSA) is 35.9 Å². The molecule has 1 heterocycles. The summed E-state index contributed by atoms with van der Waals surface area (Å²) in [5.74, 6) is 0.182. The zero-order valence-corrected chi connectivity index (χ0v) is 14.4. The van der Waals surface area contributed by atoms with Crippen LogP contribution in [0.1, 0.15) is 19.3 Å². The van der Waals surface area contributed by atoms with Crippen molar-refractivity contribution in [3.05, 3.63) is 29.0 Å². The molecule has 1 fully saturated rings. The van der Waals surface area contributed by atoms with E-state index in [0.717, 1.165) is 45.4 Å². The first-order valence-electron chi connectivity index (χ1n) is 8.21. The number of ether oxygens (including phenoxy) is 1. The monoisotopic (exact) mass is 344 g/mol. The van der Waals surface area contributed by atoms with Crippen LogP contribution >= 0.6 is 11.6 Å². The second kappa shape index (κ2) is 9.42. The molecule has 2 rings (SSSR count). The number of piperidine rings is 1. The maximum Gasteiger partial charge on any atom is 0.138 e. The maximum atomic E-state index is 13.0. The van der Waals surface area contributed by atoms with Crippen LogP contribution < -0.4 is 4.74 Å². The molecular weight excluding hydrogens is 319 g/mol. The van der Waals surface area contributed by atoms with Crippen LogP contribution in [0.25, 0.3) is 0 Å². The minimum absolute atomic E-state index is 0.256. The number of nitrogens with zero attached hydrogens (tertiary/aromatic N) is 2. The Kier molecular flexibility index (Phi) is 7.56. The molecule has 1 aliphatic rings. The lowest BCUT2D eigenvalue weighted by Crippen LogP contribution is -2.44. The van der Waals surface area contributed by atoms with Gasteiger partial charge in [0, 0.05) is 25.7 Å². The number of rotatable bonds is 8. The molecule has 0 aromatic heterocycles. The number of hydrogen-bond donors (Lipinski definition) is 1. The van der Waals surface area contributed by atoms with E-state index in [2.05, 4.69) is 16.8 Å². The van der Waals surface area contributed by atoms with Gasteiger partial charge in [0.1, 0.15) is 18.2 Å². The average molecular weight is 345 g/mol. The normalized spacial score (nSPS) is 16.9. The SMILES string of the molecule is CN(CCCO)C1CCN(CCOc2ccc(F)cc2Cl)CC1. The number of hydrogen-bond acceptors (Lipinski definition) is 4. The molecule has 1 aromatic rings. The first-order chi connectivity index (χ1) is 11.1. The van der Waals surface area contributed by atoms with E-state index in [-0.39, 0.29) is 12.4 Å². The lowest BCUT2D eigenvalue weighted by Gasteiger charge is -2.36. The Bertz CT molecular complexity index is 482. The van der Waals surface area contributed by atoms with Crippen LogP contribution in [0.4, 0.5) is 4.39 Å². The van der Waals surface area contributed by atoms with E-state index >= 15 is 0 Å². The molecule has 1 aromatic carbocycles. The molecule has 6 heteroatoms. The molecule has 0 unspecified atom stereocenters. The number of benzene rings is 1. The summed E-state index contributed by atoms with van der Waals surface area (Å²) < 4.78 is 18.6. The summed E-state index contributed by atoms with van der Waals surface area (Å²) in [7, 11) is 2.13. The van der Waals surface area contributed by atoms with Gasteiger partial charge in [-0.2, -0.15) is 0 Å². The Morgan fingerprint density at radius 3 is 2.78 bits per heavy atom. The largest absolute Gasteiger partial charge is 0.491 e. The van der Waals surface area contributed by atoms with Crippen molar-refractivity contribution >= 4 is 11.6 Å². The third-order valence-corrected chi connectivity index (χ3v) is 4.70. The maximum absolute atomic E-state index is 13.0. The number of halogens is 2. The molecule has 130 valence electrons. The summed E-state index contributed by atoms with van der Waals surface area (Å²) in [6.07, 6.45) is 3.11. The molecule has 0 atom stereocenters. The van der Waals surface area contributed by atoms with E-state index in [9.17, 15) is 4.39 Å². The van der Waals surface area contributed by atoms with Gasteiger partial charge in [0.15, 0.2) is 0 Å². The van der Waals surface area contributed by atoms with Crippen LogP contribution in [-0.4, -0.2) is 67.4 Å². The van der Waals surface area contributed by atoms with Crippen molar-refractivity contribution in [1.29, 1.82) is 0 Å². The highest BCUT2D eigenvalue weighted by atomic mass is 35.5. The van der Waals surface area contributed by atoms with Gasteiger partial charge in [-0.05, 0) is 57.6 Å². The molecule has 1 saturated heterocycles. The molecule has 0 amide bonds. The van der Waals surface area contributed by atoms with E-state index < -0.39 is 0 Å². The van der Waals surface area contributed by atoms with E-state index in [1.165, 1.54) is 12.1 Å². The number of aliphatic hydroxyl groups is 1. The van der Waals surface area contributed by atoms with Crippen molar-refractivity contribution in [2.45, 2.75) is 25.3 Å². The fourth-order valence-corrected chi connectivity index (χ4v) is 3.19. The Morgan fingerprint density at radius 1 is 1.39 bits per heavy atom. The Labute approximate surface area is 142 Å². The minimum Gasteiger partial charge on any atom is -0.491 e. The van der Waals surface area contributed by atoms with E-state index in [0.29, 0.717) is 23.4 Å². The van der Waals surface area contributed by atoms with E-state index in [1.807, 2.05) is 0 Å². The Morgan fingerprint density at radius 2 is 2.13 bits per heavy atom. The summed E-state index contributed by atoms with van der Waals surface area (Å²) in [4.78, 5) is 4.73. The standard InChI is InChI=1S/C17H26ClFN2O2/c1-20(7-2-11-22)15-5-8-21(9-6-15)10-12-23-17-4-3-14(19)13-16(17)18/h3-4,13,15,22H,2,5-12H2,1H3. The quantitative estimate of drug-likeness (QED) is 0.786. The van der Waals surface area contributed by atoms with Crippen molar-refractivity contribution < 1.29 is 14.2 Å². The van der Waals surface area contributed by atoms with Crippen molar-refractivity contribution in [3.63, 3.8) is 0 Å². The lowest BCUT2D eigenvalue weighted by molar-refractivity contribution is 0.110. The molecule has 4 nitrogen and oxygen atoms in total. The molecule has 1 N–H and O–H groups in total. The first kappa shape index (κ1) is 18.5. The van der Waals surface area contributed by atoms with E-state index in [4.69, 9.17) is 21.4 Å². The molecule has 0 saturated carbocycles. The summed E-state index contributed by atoms with van der Waals surface area (Å²) in [5.41, 5.74) is 0. The third-order valence-electron chi connectivity index (χ3n) is 4.41. The van der Waals surface area contributed by atoms with Crippen molar-refractivity contribution in [3.8, 4) is 5.75 Å². The second-order valence-electron chi connectivity index (χ2n) is 6.05. The van der Waals surface area contributed by atoms with Crippen molar-refractivity contribution in [2.24, 2.45) is 0 Å². The van der Waals surface area contributed by atoms with Crippen LogP contribution in [-0.2, 0) is 0 Å². The molecule has 23 heavy (non-hydrogen) atoms. The molecular formula is C17H26ClFN2O2. The van der Waals surface area contributed by atoms with Gasteiger partial charge in [-0.15, -0.1) is 0 Å². The zero-order valence-electron chi connectivity index (χ0n) is 13.7. The van der Waals surface area contributed by atoms with Crippen LogP contribution in [0, 0.1) is 5.82 Å². The Balaban J connectivity index is 1.66. The predicted molar refractivity (Wildman–Crippen MR) is 90.7 cm³/mol. The van der Waals surface area contributed by atoms with Gasteiger partial charge in [-0.3, -0.25) is 4.90 Å². The lowest BCUT2D eigenvalue weighted by atomic mass is 10.0. The number of likely N-dealkylation sites (tertiary alicyclic amines) is 1. The fourth-order valence-electron chi connectivity index (χ4n) is 2.96. The average Bonchev–Trinajstić information content (AvgIpc) is 2.55. The first-order valence-corrected chi connectivity index (χ1v) is 8.59. The summed E-state index contributed by atoms with van der Waals surface area (Å²) in [5, 5.41) is 9.22. The molecule has 1 aliphatic heterocycles. The minimum atomic E-state index is -0.352. The highest BCUT2D eigenvalue weighted by Gasteiger charge is 2.21. The third kappa shape index (κ3) is 5.92. The number of aliphatic hydroxyl groups excluding tert-OH is 1. The summed E-state index contributed by atoms with van der Waals surface area (Å²) in [6.45, 7) is 4.71. The van der Waals surface area contributed by atoms with Crippen LogP contribution in [0.2, 0.25) is 5.02 Å². The van der Waals surface area contributed by atoms with Crippen LogP contribution in [0.5, 0.6) is 5.75 Å². The van der Waals surface area contributed by atoms with Gasteiger partial charge in [0.05, 0.1) is 5.02 Å². The van der Waals surface area contributed by atoms with Gasteiger partial charge in [0.25, 0.3) is 0 Å². The van der Waals surface area contributed by atoms with Crippen LogP contribution in [0.3, 0.4) is 0 Å². The molecule has 0 aliphatic carbocycles. The van der Waals surface area contributed by atoms with Gasteiger partial charge >= 0.3 is 0 Å². The molecule has 0 radical (unpaired) electrons. The van der Waals surface area contributed by atoms with Gasteiger partial charge in [0.2, 0.25) is 0 Å². The van der Waals surface area contributed by atoms with Gasteiger partial charge < -0.3 is 14.7 Å². The highest BCUT2D eigenvalue weighted by Crippen LogP contribution is 2.25. The second-order valence-corrected chi connectivity index (χ2v) is 6.46. The predicted octanol–water partition coefficient (Wildman–Crippen LogP) is 2.64. The van der Waals surface area contributed by atoms with Gasteiger partial charge in [-0.25, -0.2) is 4.39 Å². The van der Waals surface area contributed by atoms with Crippen molar-refractivity contribution in [2.75, 3.05) is 46.4 Å². The highest BCUT2D eigenvalue weighted by molar-refractivity contribution is 6.32. The smallest absolute Gasteiger partial charge is 0.138 e. The van der Waals surface area contributed by atoms with Gasteiger partial charge in [-0.1, -0.05) is 11.6 Å². The van der Waals surface area contributed by atoms with Crippen LogP contribution in [0.15, 0.2) is 18.2 Å². The zero-order chi connectivity index (χ0) is 16.7. The van der Waals surface area contributed by atoms with E-state index in [1.54, 1.807) is 6.07 Å². The Hall–Kier alpha value is -0.880. The summed E-state index contributed by atoms with van der Waals surface area (Å²) in [6, 6.07) is 4.80. The molecule has 0 bridgehead atoms.